The summed E-state index contributed by atoms with van der Waals surface area (Å²) in [4.78, 5) is 23.5. The zero-order chi connectivity index (χ0) is 21.4. The summed E-state index contributed by atoms with van der Waals surface area (Å²) >= 11 is 0. The van der Waals surface area contributed by atoms with E-state index in [0.29, 0.717) is 6.07 Å². The maximum atomic E-state index is 13.1. The molecule has 8 nitrogen and oxygen atoms in total. The molecule has 1 atom stereocenters. The van der Waals surface area contributed by atoms with Gasteiger partial charge in [0.05, 0.1) is 19.8 Å². The van der Waals surface area contributed by atoms with E-state index in [9.17, 15) is 27.3 Å². The van der Waals surface area contributed by atoms with Gasteiger partial charge in [-0.1, -0.05) is 0 Å². The summed E-state index contributed by atoms with van der Waals surface area (Å²) in [5.74, 6) is -3.13. The van der Waals surface area contributed by atoms with E-state index in [4.69, 9.17) is 13.5 Å². The van der Waals surface area contributed by atoms with Gasteiger partial charge in [0.25, 0.3) is 0 Å². The number of hydrogen-bond acceptors (Lipinski definition) is 7. The van der Waals surface area contributed by atoms with Crippen molar-refractivity contribution in [2.45, 2.75) is 39.0 Å². The minimum Gasteiger partial charge on any atom is -0.465 e. The first kappa shape index (κ1) is 24.2. The van der Waals surface area contributed by atoms with Crippen LogP contribution < -0.4 is 5.32 Å². The van der Waals surface area contributed by atoms with Crippen molar-refractivity contribution < 1.29 is 45.5 Å². The highest BCUT2D eigenvalue weighted by Crippen LogP contribution is 2.62. The van der Waals surface area contributed by atoms with E-state index in [1.165, 1.54) is 13.8 Å². The van der Waals surface area contributed by atoms with Gasteiger partial charge in [0.15, 0.2) is 0 Å². The lowest BCUT2D eigenvalue weighted by molar-refractivity contribution is -0.153. The van der Waals surface area contributed by atoms with Crippen LogP contribution in [0.5, 0.6) is 0 Å². The number of carbonyl (C=O) groups is 2. The molecule has 0 aliphatic rings. The second-order valence-corrected chi connectivity index (χ2v) is 7.60. The quantitative estimate of drug-likeness (QED) is 0.423. The fourth-order valence-corrected chi connectivity index (χ4v) is 4.25. The lowest BCUT2D eigenvalue weighted by Gasteiger charge is -2.24. The zero-order valence-corrected chi connectivity index (χ0v) is 16.6. The Morgan fingerprint density at radius 2 is 1.75 bits per heavy atom. The van der Waals surface area contributed by atoms with E-state index >= 15 is 0 Å². The summed E-state index contributed by atoms with van der Waals surface area (Å²) in [6.45, 7) is 4.17. The molecule has 1 N–H and O–H groups in total. The first-order valence-electron chi connectivity index (χ1n) is 8.55. The number of carbonyl (C=O) groups excluding carboxylic acids is 2. The third-order valence-corrected chi connectivity index (χ3v) is 5.79. The maximum absolute atomic E-state index is 13.1. The average molecular weight is 429 g/mol. The lowest BCUT2D eigenvalue weighted by atomic mass is 10.2. The van der Waals surface area contributed by atoms with Gasteiger partial charge >= 0.3 is 19.7 Å². The molecule has 0 spiro atoms. The highest BCUT2D eigenvalue weighted by Gasteiger charge is 2.43. The highest BCUT2D eigenvalue weighted by molar-refractivity contribution is 7.54. The van der Waals surface area contributed by atoms with E-state index in [0.717, 1.165) is 6.07 Å². The fraction of sp³-hybridized carbons (Fsp3) is 0.625. The van der Waals surface area contributed by atoms with Crippen LogP contribution in [0.4, 0.5) is 13.2 Å². The SMILES string of the molecule is CCOC(=O)CNC(=O)CC(c1ccc(C(F)(F)F)o1)P(=O)(OCC)OCC. The van der Waals surface area contributed by atoms with Crippen LogP contribution in [0, 0.1) is 0 Å². The number of ether oxygens (including phenoxy) is 1. The highest BCUT2D eigenvalue weighted by atomic mass is 31.2. The summed E-state index contributed by atoms with van der Waals surface area (Å²) < 4.78 is 71.4. The van der Waals surface area contributed by atoms with E-state index in [-0.39, 0.29) is 25.6 Å². The van der Waals surface area contributed by atoms with E-state index in [1.54, 1.807) is 6.92 Å². The van der Waals surface area contributed by atoms with Gasteiger partial charge in [-0.15, -0.1) is 0 Å². The summed E-state index contributed by atoms with van der Waals surface area (Å²) in [6, 6.07) is 1.64. The van der Waals surface area contributed by atoms with Gasteiger partial charge < -0.3 is 23.5 Å². The molecule has 0 saturated heterocycles. The van der Waals surface area contributed by atoms with Crippen LogP contribution in [0.2, 0.25) is 0 Å². The predicted molar refractivity (Wildman–Crippen MR) is 91.6 cm³/mol. The Morgan fingerprint density at radius 1 is 1.14 bits per heavy atom. The smallest absolute Gasteiger partial charge is 0.449 e. The van der Waals surface area contributed by atoms with Gasteiger partial charge in [0.2, 0.25) is 11.7 Å². The van der Waals surface area contributed by atoms with Crippen molar-refractivity contribution in [1.82, 2.24) is 5.32 Å². The van der Waals surface area contributed by atoms with E-state index in [1.807, 2.05) is 0 Å². The van der Waals surface area contributed by atoms with Crippen molar-refractivity contribution in [3.8, 4) is 0 Å². The average Bonchev–Trinajstić information content (AvgIpc) is 3.08. The van der Waals surface area contributed by atoms with Crippen LogP contribution in [-0.2, 0) is 34.1 Å². The minimum atomic E-state index is -4.75. The molecule has 1 unspecified atom stereocenters. The lowest BCUT2D eigenvalue weighted by Crippen LogP contribution is -2.31. The number of nitrogens with one attached hydrogen (secondary N) is 1. The van der Waals surface area contributed by atoms with Crippen LogP contribution in [0.15, 0.2) is 16.5 Å². The Balaban J connectivity index is 3.10. The fourth-order valence-electron chi connectivity index (χ4n) is 2.26. The number of alkyl halides is 3. The Morgan fingerprint density at radius 3 is 2.21 bits per heavy atom. The summed E-state index contributed by atoms with van der Waals surface area (Å²) in [6.07, 6.45) is -5.34. The second-order valence-electron chi connectivity index (χ2n) is 5.38. The monoisotopic (exact) mass is 429 g/mol. The van der Waals surface area contributed by atoms with Crippen molar-refractivity contribution in [3.05, 3.63) is 23.7 Å². The van der Waals surface area contributed by atoms with Crippen LogP contribution in [0.1, 0.15) is 44.4 Å². The number of amides is 1. The molecule has 1 heterocycles. The Labute approximate surface area is 160 Å². The summed E-state index contributed by atoms with van der Waals surface area (Å²) in [7, 11) is -4.04. The van der Waals surface area contributed by atoms with Crippen molar-refractivity contribution >= 4 is 19.5 Å². The number of halogens is 3. The van der Waals surface area contributed by atoms with Crippen molar-refractivity contribution in [1.29, 1.82) is 0 Å². The number of furan rings is 1. The Bertz CT molecular complexity index is 695. The molecular formula is C16H23F3NO7P. The largest absolute Gasteiger partial charge is 0.465 e. The second kappa shape index (κ2) is 10.6. The molecule has 12 heteroatoms. The summed E-state index contributed by atoms with van der Waals surface area (Å²) in [5, 5.41) is 2.25. The molecule has 0 radical (unpaired) electrons. The Hall–Kier alpha value is -1.84. The first-order chi connectivity index (χ1) is 13.1. The van der Waals surface area contributed by atoms with Gasteiger partial charge in [-0.05, 0) is 32.9 Å². The van der Waals surface area contributed by atoms with Crippen molar-refractivity contribution in [2.75, 3.05) is 26.4 Å². The molecular weight excluding hydrogens is 406 g/mol. The topological polar surface area (TPSA) is 104 Å². The van der Waals surface area contributed by atoms with Crippen LogP contribution in [0.3, 0.4) is 0 Å². The third-order valence-electron chi connectivity index (χ3n) is 3.35. The molecule has 1 aromatic heterocycles. The van der Waals surface area contributed by atoms with Gasteiger partial charge in [-0.3, -0.25) is 14.2 Å². The van der Waals surface area contributed by atoms with Gasteiger partial charge in [-0.25, -0.2) is 0 Å². The van der Waals surface area contributed by atoms with Crippen molar-refractivity contribution in [2.24, 2.45) is 0 Å². The van der Waals surface area contributed by atoms with Gasteiger partial charge in [0.1, 0.15) is 18.0 Å². The molecule has 28 heavy (non-hydrogen) atoms. The minimum absolute atomic E-state index is 0.0644. The molecule has 0 aromatic carbocycles. The van der Waals surface area contributed by atoms with Crippen LogP contribution >= 0.6 is 7.60 Å². The first-order valence-corrected chi connectivity index (χ1v) is 10.2. The molecule has 0 fully saturated rings. The standard InChI is InChI=1S/C16H23F3NO7P/c1-4-24-15(22)10-20-14(21)9-12(28(23,25-5-2)26-6-3)11-7-8-13(27-11)16(17,18)19/h7-8,12H,4-6,9-10H2,1-3H3,(H,20,21). The number of hydrogen-bond donors (Lipinski definition) is 1. The van der Waals surface area contributed by atoms with E-state index in [2.05, 4.69) is 10.1 Å². The van der Waals surface area contributed by atoms with Crippen molar-refractivity contribution in [3.63, 3.8) is 0 Å². The molecule has 0 aliphatic carbocycles. The number of esters is 1. The van der Waals surface area contributed by atoms with Gasteiger partial charge in [-0.2, -0.15) is 13.2 Å². The van der Waals surface area contributed by atoms with Gasteiger partial charge in [0, 0.05) is 6.42 Å². The predicted octanol–water partition coefficient (Wildman–Crippen LogP) is 3.68. The molecule has 0 bridgehead atoms. The van der Waals surface area contributed by atoms with Crippen LogP contribution in [0.25, 0.3) is 0 Å². The number of rotatable bonds is 11. The molecule has 1 rings (SSSR count). The molecule has 0 saturated carbocycles. The maximum Gasteiger partial charge on any atom is 0.449 e. The molecule has 0 aliphatic heterocycles. The molecule has 1 amide bonds. The Kier molecular flexibility index (Phi) is 9.19. The zero-order valence-electron chi connectivity index (χ0n) is 15.7. The summed E-state index contributed by atoms with van der Waals surface area (Å²) in [5.41, 5.74) is -1.43. The molecule has 1 aromatic rings. The molecule has 160 valence electrons. The van der Waals surface area contributed by atoms with E-state index < -0.39 is 50.0 Å². The third kappa shape index (κ3) is 6.96. The van der Waals surface area contributed by atoms with Crippen LogP contribution in [-0.4, -0.2) is 38.2 Å². The normalized spacial score (nSPS) is 13.2.